The zero-order valence-corrected chi connectivity index (χ0v) is 18.2. The highest BCUT2D eigenvalue weighted by Crippen LogP contribution is 2.31. The predicted octanol–water partition coefficient (Wildman–Crippen LogP) is 3.44. The molecule has 2 aliphatic heterocycles. The lowest BCUT2D eigenvalue weighted by molar-refractivity contribution is -0.148. The Labute approximate surface area is 179 Å². The number of piperidine rings is 1. The Morgan fingerprint density at radius 1 is 0.967 bits per heavy atom. The smallest absolute Gasteiger partial charge is 0.229 e. The van der Waals surface area contributed by atoms with Crippen molar-refractivity contribution in [3.05, 3.63) is 24.0 Å². The molecule has 30 heavy (non-hydrogen) atoms. The molecule has 1 aromatic carbocycles. The van der Waals surface area contributed by atoms with Crippen LogP contribution in [0.5, 0.6) is 5.75 Å². The summed E-state index contributed by atoms with van der Waals surface area (Å²) < 4.78 is 19.7. The minimum Gasteiger partial charge on any atom is -0.489 e. The third-order valence-corrected chi connectivity index (χ3v) is 5.74. The lowest BCUT2D eigenvalue weighted by Gasteiger charge is -2.37. The lowest BCUT2D eigenvalue weighted by atomic mass is 10.1. The fraction of sp³-hybridized carbons (Fsp3) is 0.652. The molecule has 0 atom stereocenters. The largest absolute Gasteiger partial charge is 0.489 e. The van der Waals surface area contributed by atoms with E-state index in [4.69, 9.17) is 4.74 Å². The number of hydrogen-bond donors (Lipinski definition) is 0. The van der Waals surface area contributed by atoms with E-state index < -0.39 is 0 Å². The zero-order valence-electron chi connectivity index (χ0n) is 18.2. The molecule has 2 aliphatic rings. The van der Waals surface area contributed by atoms with Crippen molar-refractivity contribution in [1.29, 1.82) is 0 Å². The van der Waals surface area contributed by atoms with Crippen molar-refractivity contribution in [2.45, 2.75) is 58.5 Å². The molecule has 2 saturated heterocycles. The molecule has 0 radical (unpaired) electrons. The molecule has 0 spiro atoms. The second-order valence-corrected chi connectivity index (χ2v) is 8.46. The first-order valence-electron chi connectivity index (χ1n) is 11.2. The van der Waals surface area contributed by atoms with Gasteiger partial charge >= 0.3 is 0 Å². The Hall–Kier alpha value is -2.15. The van der Waals surface area contributed by atoms with Gasteiger partial charge in [-0.25, -0.2) is 4.39 Å². The number of benzene rings is 1. The molecule has 2 amide bonds. The molecule has 0 aliphatic carbocycles. The van der Waals surface area contributed by atoms with E-state index in [1.54, 1.807) is 12.1 Å². The summed E-state index contributed by atoms with van der Waals surface area (Å²) in [6.07, 6.45) is 4.69. The van der Waals surface area contributed by atoms with Crippen LogP contribution in [0, 0.1) is 5.82 Å². The van der Waals surface area contributed by atoms with Gasteiger partial charge in [0.05, 0.1) is 11.8 Å². The van der Waals surface area contributed by atoms with Crippen molar-refractivity contribution in [1.82, 2.24) is 9.80 Å². The molecule has 3 rings (SSSR count). The monoisotopic (exact) mass is 419 g/mol. The summed E-state index contributed by atoms with van der Waals surface area (Å²) in [5.41, 5.74) is 0.833. The van der Waals surface area contributed by atoms with E-state index in [0.717, 1.165) is 63.4 Å². The number of imide groups is 1. The molecule has 166 valence electrons. The van der Waals surface area contributed by atoms with E-state index >= 15 is 0 Å². The van der Waals surface area contributed by atoms with E-state index in [9.17, 15) is 14.0 Å². The van der Waals surface area contributed by atoms with Crippen LogP contribution in [0.25, 0.3) is 0 Å². The second-order valence-electron chi connectivity index (χ2n) is 8.46. The molecular weight excluding hydrogens is 385 g/mol. The van der Waals surface area contributed by atoms with E-state index in [2.05, 4.69) is 9.80 Å². The van der Waals surface area contributed by atoms with Crippen LogP contribution in [0.15, 0.2) is 18.2 Å². The summed E-state index contributed by atoms with van der Waals surface area (Å²) in [7, 11) is 0. The van der Waals surface area contributed by atoms with Crippen LogP contribution in [0.4, 0.5) is 10.1 Å². The number of anilines is 1. The quantitative estimate of drug-likeness (QED) is 0.453. The predicted molar refractivity (Wildman–Crippen MR) is 115 cm³/mol. The van der Waals surface area contributed by atoms with Crippen LogP contribution < -0.4 is 9.64 Å². The van der Waals surface area contributed by atoms with E-state index in [-0.39, 0.29) is 23.7 Å². The Kier molecular flexibility index (Phi) is 8.08. The minimum atomic E-state index is -0.241. The van der Waals surface area contributed by atoms with Gasteiger partial charge < -0.3 is 9.64 Å². The number of halogens is 1. The number of piperazine rings is 1. The molecule has 2 fully saturated rings. The molecule has 2 heterocycles. The Bertz CT molecular complexity index is 716. The third kappa shape index (κ3) is 6.17. The van der Waals surface area contributed by atoms with E-state index in [1.165, 1.54) is 11.0 Å². The maximum atomic E-state index is 13.8. The van der Waals surface area contributed by atoms with Gasteiger partial charge in [0.15, 0.2) is 0 Å². The maximum absolute atomic E-state index is 13.8. The van der Waals surface area contributed by atoms with Crippen LogP contribution >= 0.6 is 0 Å². The number of rotatable bonds is 9. The van der Waals surface area contributed by atoms with Crippen LogP contribution in [-0.4, -0.2) is 67.0 Å². The van der Waals surface area contributed by atoms with Gasteiger partial charge in [0.2, 0.25) is 11.8 Å². The van der Waals surface area contributed by atoms with Crippen LogP contribution in [0.1, 0.15) is 52.4 Å². The van der Waals surface area contributed by atoms with Crippen molar-refractivity contribution >= 4 is 17.5 Å². The summed E-state index contributed by atoms with van der Waals surface area (Å²) in [6.45, 7) is 9.06. The zero-order chi connectivity index (χ0) is 21.5. The first-order valence-corrected chi connectivity index (χ1v) is 11.2. The summed E-state index contributed by atoms with van der Waals surface area (Å²) >= 11 is 0. The first-order chi connectivity index (χ1) is 14.4. The van der Waals surface area contributed by atoms with Gasteiger partial charge in [-0.1, -0.05) is 6.42 Å². The van der Waals surface area contributed by atoms with Crippen LogP contribution in [0.3, 0.4) is 0 Å². The topological polar surface area (TPSA) is 53.1 Å². The summed E-state index contributed by atoms with van der Waals surface area (Å²) in [5.74, 6) is 0.469. The van der Waals surface area contributed by atoms with Crippen LogP contribution in [0.2, 0.25) is 0 Å². The highest BCUT2D eigenvalue weighted by Gasteiger charge is 2.25. The van der Waals surface area contributed by atoms with Crippen molar-refractivity contribution < 1.29 is 18.7 Å². The molecule has 6 nitrogen and oxygen atoms in total. The molecule has 7 heteroatoms. The van der Waals surface area contributed by atoms with Gasteiger partial charge in [-0.2, -0.15) is 0 Å². The van der Waals surface area contributed by atoms with E-state index in [0.29, 0.717) is 25.8 Å². The van der Waals surface area contributed by atoms with Gasteiger partial charge in [0.1, 0.15) is 11.6 Å². The number of amides is 2. The molecule has 0 N–H and O–H groups in total. The molecule has 0 unspecified atom stereocenters. The van der Waals surface area contributed by atoms with Gasteiger partial charge in [0.25, 0.3) is 0 Å². The maximum Gasteiger partial charge on any atom is 0.229 e. The number of unbranched alkanes of at least 4 members (excludes halogenated alkanes) is 2. The lowest BCUT2D eigenvalue weighted by Crippen LogP contribution is -2.46. The average Bonchev–Trinajstić information content (AvgIpc) is 2.71. The fourth-order valence-electron chi connectivity index (χ4n) is 4.13. The van der Waals surface area contributed by atoms with Crippen molar-refractivity contribution in [2.24, 2.45) is 0 Å². The highest BCUT2D eigenvalue weighted by molar-refractivity contribution is 5.97. The van der Waals surface area contributed by atoms with Crippen molar-refractivity contribution in [3.63, 3.8) is 0 Å². The number of likely N-dealkylation sites (tertiary alicyclic amines) is 1. The van der Waals surface area contributed by atoms with Crippen LogP contribution in [-0.2, 0) is 9.59 Å². The number of ether oxygens (including phenoxy) is 1. The molecular formula is C23H34FN3O3. The van der Waals surface area contributed by atoms with Gasteiger partial charge in [-0.15, -0.1) is 0 Å². The van der Waals surface area contributed by atoms with Gasteiger partial charge in [-0.05, 0) is 51.8 Å². The number of nitrogens with zero attached hydrogens (tertiary/aromatic N) is 3. The number of carbonyl (C=O) groups excluding carboxylic acids is 2. The molecule has 0 aromatic heterocycles. The molecule has 1 aromatic rings. The van der Waals surface area contributed by atoms with Crippen molar-refractivity contribution in [2.75, 3.05) is 44.2 Å². The summed E-state index contributed by atoms with van der Waals surface area (Å²) in [5, 5.41) is 0. The molecule has 0 saturated carbocycles. The fourth-order valence-corrected chi connectivity index (χ4v) is 4.13. The highest BCUT2D eigenvalue weighted by atomic mass is 19.1. The molecule has 0 bridgehead atoms. The second kappa shape index (κ2) is 10.8. The average molecular weight is 420 g/mol. The summed E-state index contributed by atoms with van der Waals surface area (Å²) in [4.78, 5) is 29.7. The normalized spacial score (nSPS) is 18.4. The van der Waals surface area contributed by atoms with E-state index in [1.807, 2.05) is 13.8 Å². The number of carbonyl (C=O) groups is 2. The minimum absolute atomic E-state index is 0.0134. The standard InChI is InChI=1S/C23H34FN3O3/c1-18(2)30-21-10-9-19(24)17-20(21)26-15-13-25(14-16-26)11-4-3-5-12-27-22(28)7-6-8-23(27)29/h9-10,17-18H,3-8,11-16H2,1-2H3. The van der Waals surface area contributed by atoms with Crippen molar-refractivity contribution in [3.8, 4) is 5.75 Å². The Balaban J connectivity index is 1.38. The summed E-state index contributed by atoms with van der Waals surface area (Å²) in [6, 6.07) is 4.73. The Morgan fingerprint density at radius 3 is 2.30 bits per heavy atom. The number of hydrogen-bond acceptors (Lipinski definition) is 5. The first kappa shape index (κ1) is 22.5. The van der Waals surface area contributed by atoms with Gasteiger partial charge in [0, 0.05) is 51.6 Å². The Morgan fingerprint density at radius 2 is 1.63 bits per heavy atom. The third-order valence-electron chi connectivity index (χ3n) is 5.74. The SMILES string of the molecule is CC(C)Oc1ccc(F)cc1N1CCN(CCCCCN2C(=O)CCCC2=O)CC1. The van der Waals surface area contributed by atoms with Gasteiger partial charge in [-0.3, -0.25) is 19.4 Å².